The van der Waals surface area contributed by atoms with Crippen LogP contribution in [0.4, 0.5) is 13.2 Å². The van der Waals surface area contributed by atoms with Gasteiger partial charge in [-0.1, -0.05) is 6.92 Å². The van der Waals surface area contributed by atoms with E-state index in [0.717, 1.165) is 6.42 Å². The third-order valence-corrected chi connectivity index (χ3v) is 3.35. The molecule has 0 fully saturated rings. The van der Waals surface area contributed by atoms with Crippen molar-refractivity contribution in [3.05, 3.63) is 53.1 Å². The van der Waals surface area contributed by atoms with Gasteiger partial charge in [0.15, 0.2) is 23.2 Å². The van der Waals surface area contributed by atoms with Crippen molar-refractivity contribution in [3.8, 4) is 0 Å². The molecule has 0 aliphatic carbocycles. The molecular formula is C15H15F3N2O. The van der Waals surface area contributed by atoms with Crippen molar-refractivity contribution in [1.29, 1.82) is 0 Å². The lowest BCUT2D eigenvalue weighted by atomic mass is 10.1. The summed E-state index contributed by atoms with van der Waals surface area (Å²) in [4.78, 5) is 12.0. The number of nitrogens with zero attached hydrogens (tertiary/aromatic N) is 2. The van der Waals surface area contributed by atoms with E-state index in [4.69, 9.17) is 0 Å². The van der Waals surface area contributed by atoms with Gasteiger partial charge in [0.05, 0.1) is 12.1 Å². The van der Waals surface area contributed by atoms with Crippen LogP contribution in [-0.4, -0.2) is 15.6 Å². The third kappa shape index (κ3) is 3.32. The third-order valence-electron chi connectivity index (χ3n) is 3.35. The number of aromatic nitrogens is 2. The highest BCUT2D eigenvalue weighted by Gasteiger charge is 2.16. The van der Waals surface area contributed by atoms with Crippen LogP contribution in [0.2, 0.25) is 0 Å². The van der Waals surface area contributed by atoms with Gasteiger partial charge in [0, 0.05) is 17.8 Å². The lowest BCUT2D eigenvalue weighted by molar-refractivity contribution is 0.0990. The maximum Gasteiger partial charge on any atom is 0.194 e. The lowest BCUT2D eigenvalue weighted by Gasteiger charge is -2.08. The Kier molecular flexibility index (Phi) is 4.45. The van der Waals surface area contributed by atoms with E-state index in [1.54, 1.807) is 16.9 Å². The summed E-state index contributed by atoms with van der Waals surface area (Å²) in [7, 11) is 0. The fraction of sp³-hybridized carbons (Fsp3) is 0.333. The minimum atomic E-state index is -1.58. The summed E-state index contributed by atoms with van der Waals surface area (Å²) in [5, 5.41) is 4.24. The Bertz CT molecular complexity index is 644. The number of carbonyl (C=O) groups excluding carboxylic acids is 1. The van der Waals surface area contributed by atoms with Gasteiger partial charge in [-0.05, 0) is 31.5 Å². The van der Waals surface area contributed by atoms with Gasteiger partial charge in [0.25, 0.3) is 0 Å². The van der Waals surface area contributed by atoms with Crippen molar-refractivity contribution in [2.24, 2.45) is 0 Å². The zero-order chi connectivity index (χ0) is 15.6. The number of hydrogen-bond acceptors (Lipinski definition) is 2. The first-order valence-corrected chi connectivity index (χ1v) is 6.64. The molecule has 0 aliphatic rings. The van der Waals surface area contributed by atoms with E-state index in [1.807, 2.05) is 13.8 Å². The van der Waals surface area contributed by atoms with Gasteiger partial charge in [0.1, 0.15) is 0 Å². The number of halogens is 3. The summed E-state index contributed by atoms with van der Waals surface area (Å²) in [6.07, 6.45) is 2.56. The Hall–Kier alpha value is -2.11. The van der Waals surface area contributed by atoms with Gasteiger partial charge >= 0.3 is 0 Å². The van der Waals surface area contributed by atoms with Crippen molar-refractivity contribution >= 4 is 5.78 Å². The van der Waals surface area contributed by atoms with Crippen LogP contribution >= 0.6 is 0 Å². The van der Waals surface area contributed by atoms with E-state index in [-0.39, 0.29) is 18.0 Å². The molecule has 112 valence electrons. The van der Waals surface area contributed by atoms with Crippen molar-refractivity contribution in [2.75, 3.05) is 0 Å². The van der Waals surface area contributed by atoms with Crippen LogP contribution in [0.25, 0.3) is 0 Å². The molecule has 1 aromatic heterocycles. The van der Waals surface area contributed by atoms with Crippen LogP contribution in [0.1, 0.15) is 42.4 Å². The summed E-state index contributed by atoms with van der Waals surface area (Å²) in [6, 6.07) is 3.29. The first kappa shape index (κ1) is 15.3. The molecular weight excluding hydrogens is 281 g/mol. The SMILES string of the molecule is CCC(C)n1ccc(CC(=O)c2cc(F)c(F)c(F)c2)n1. The van der Waals surface area contributed by atoms with Gasteiger partial charge in [-0.15, -0.1) is 0 Å². The molecule has 0 spiro atoms. The molecule has 2 aromatic rings. The van der Waals surface area contributed by atoms with Gasteiger partial charge < -0.3 is 0 Å². The van der Waals surface area contributed by atoms with Crippen molar-refractivity contribution < 1.29 is 18.0 Å². The average molecular weight is 296 g/mol. The number of carbonyl (C=O) groups is 1. The van der Waals surface area contributed by atoms with Crippen LogP contribution in [0.3, 0.4) is 0 Å². The van der Waals surface area contributed by atoms with Crippen molar-refractivity contribution in [2.45, 2.75) is 32.7 Å². The van der Waals surface area contributed by atoms with E-state index in [0.29, 0.717) is 17.8 Å². The van der Waals surface area contributed by atoms with E-state index in [2.05, 4.69) is 5.10 Å². The smallest absolute Gasteiger partial charge is 0.194 e. The van der Waals surface area contributed by atoms with Crippen molar-refractivity contribution in [1.82, 2.24) is 9.78 Å². The molecule has 21 heavy (non-hydrogen) atoms. The molecule has 0 saturated carbocycles. The molecule has 0 N–H and O–H groups in total. The Balaban J connectivity index is 2.16. The molecule has 0 saturated heterocycles. The normalized spacial score (nSPS) is 12.4. The van der Waals surface area contributed by atoms with Gasteiger partial charge in [0.2, 0.25) is 0 Å². The fourth-order valence-electron chi connectivity index (χ4n) is 1.89. The Labute approximate surface area is 120 Å². The average Bonchev–Trinajstić information content (AvgIpc) is 2.91. The van der Waals surface area contributed by atoms with Crippen LogP contribution in [0.15, 0.2) is 24.4 Å². The molecule has 0 bridgehead atoms. The number of Topliss-reactive ketones (excluding diaryl/α,β-unsaturated/α-hetero) is 1. The summed E-state index contributed by atoms with van der Waals surface area (Å²) in [5.41, 5.74) is 0.301. The van der Waals surface area contributed by atoms with Gasteiger partial charge in [-0.2, -0.15) is 5.10 Å². The maximum atomic E-state index is 13.1. The number of hydrogen-bond donors (Lipinski definition) is 0. The van der Waals surface area contributed by atoms with E-state index < -0.39 is 23.2 Å². The molecule has 1 unspecified atom stereocenters. The standard InChI is InChI=1S/C15H15F3N2O/c1-3-9(2)20-5-4-11(19-20)8-14(21)10-6-12(16)15(18)13(17)7-10/h4-7,9H,3,8H2,1-2H3. The largest absolute Gasteiger partial charge is 0.294 e. The van der Waals surface area contributed by atoms with Gasteiger partial charge in [-0.3, -0.25) is 9.48 Å². The summed E-state index contributed by atoms with van der Waals surface area (Å²) < 4.78 is 40.8. The van der Waals surface area contributed by atoms with Crippen LogP contribution in [-0.2, 0) is 6.42 Å². The highest BCUT2D eigenvalue weighted by molar-refractivity contribution is 5.97. The van der Waals surface area contributed by atoms with E-state index >= 15 is 0 Å². The van der Waals surface area contributed by atoms with E-state index in [1.165, 1.54) is 0 Å². The zero-order valence-electron chi connectivity index (χ0n) is 11.7. The Morgan fingerprint density at radius 1 is 1.29 bits per heavy atom. The zero-order valence-corrected chi connectivity index (χ0v) is 11.7. The minimum Gasteiger partial charge on any atom is -0.294 e. The molecule has 0 aliphatic heterocycles. The molecule has 1 atom stereocenters. The topological polar surface area (TPSA) is 34.9 Å². The second-order valence-electron chi connectivity index (χ2n) is 4.90. The number of rotatable bonds is 5. The molecule has 0 radical (unpaired) electrons. The molecule has 0 amide bonds. The predicted octanol–water partition coefficient (Wildman–Crippen LogP) is 3.70. The minimum absolute atomic E-state index is 0.0893. The molecule has 3 nitrogen and oxygen atoms in total. The van der Waals surface area contributed by atoms with E-state index in [9.17, 15) is 18.0 Å². The second-order valence-corrected chi connectivity index (χ2v) is 4.90. The molecule has 1 heterocycles. The molecule has 2 rings (SSSR count). The highest BCUT2D eigenvalue weighted by atomic mass is 19.2. The molecule has 1 aromatic carbocycles. The van der Waals surface area contributed by atoms with Crippen LogP contribution in [0, 0.1) is 17.5 Å². The molecule has 6 heteroatoms. The summed E-state index contributed by atoms with van der Waals surface area (Å²) >= 11 is 0. The summed E-state index contributed by atoms with van der Waals surface area (Å²) in [6.45, 7) is 4.00. The Morgan fingerprint density at radius 3 is 2.48 bits per heavy atom. The quantitative estimate of drug-likeness (QED) is 0.623. The first-order valence-electron chi connectivity index (χ1n) is 6.64. The predicted molar refractivity (Wildman–Crippen MR) is 71.6 cm³/mol. The Morgan fingerprint density at radius 2 is 1.90 bits per heavy atom. The second kappa shape index (κ2) is 6.11. The monoisotopic (exact) mass is 296 g/mol. The lowest BCUT2D eigenvalue weighted by Crippen LogP contribution is -2.09. The van der Waals surface area contributed by atoms with Crippen LogP contribution in [0.5, 0.6) is 0 Å². The maximum absolute atomic E-state index is 13.1. The van der Waals surface area contributed by atoms with Crippen molar-refractivity contribution in [3.63, 3.8) is 0 Å². The summed E-state index contributed by atoms with van der Waals surface area (Å²) in [5.74, 6) is -4.83. The number of benzene rings is 1. The number of ketones is 1. The first-order chi connectivity index (χ1) is 9.92. The highest BCUT2D eigenvalue weighted by Crippen LogP contribution is 2.16. The van der Waals surface area contributed by atoms with Crippen LogP contribution < -0.4 is 0 Å². The van der Waals surface area contributed by atoms with Gasteiger partial charge in [-0.25, -0.2) is 13.2 Å². The fourth-order valence-corrected chi connectivity index (χ4v) is 1.89.